The van der Waals surface area contributed by atoms with Crippen LogP contribution in [-0.2, 0) is 9.53 Å². The van der Waals surface area contributed by atoms with E-state index in [-0.39, 0.29) is 5.97 Å². The van der Waals surface area contributed by atoms with E-state index in [9.17, 15) is 9.59 Å². The second-order valence-electron chi connectivity index (χ2n) is 7.81. The van der Waals surface area contributed by atoms with E-state index in [0.29, 0.717) is 24.5 Å². The zero-order valence-electron chi connectivity index (χ0n) is 19.6. The molecule has 0 aliphatic carbocycles. The number of ether oxygens (including phenoxy) is 3. The largest absolute Gasteiger partial charge is 0.494 e. The molecule has 0 aromatic heterocycles. The first-order valence-corrected chi connectivity index (χ1v) is 11.8. The van der Waals surface area contributed by atoms with Crippen LogP contribution in [0.4, 0.5) is 0 Å². The zero-order chi connectivity index (χ0) is 23.7. The standard InChI is InChI=1S/C28H35O5/c1-3-5-7-8-9-10-22-32-28(30)24-14-11-23(12-15-24)13-20-27(29)33-26-18-16-25(17-19-26)31-21-6-4-2/h11-20H,1,3-10,21-22H2,2H3/b20-13+. The maximum atomic E-state index is 12.1. The topological polar surface area (TPSA) is 61.8 Å². The first-order chi connectivity index (χ1) is 16.1. The van der Waals surface area contributed by atoms with Crippen LogP contribution in [0.3, 0.4) is 0 Å². The van der Waals surface area contributed by atoms with E-state index in [4.69, 9.17) is 14.2 Å². The summed E-state index contributed by atoms with van der Waals surface area (Å²) < 4.78 is 16.2. The summed E-state index contributed by atoms with van der Waals surface area (Å²) in [5.74, 6) is 0.397. The molecule has 0 saturated heterocycles. The molecule has 0 saturated carbocycles. The SMILES string of the molecule is [CH2]CCCCCCCOC(=O)c1ccc(/C=C/C(=O)Oc2ccc(OCCCC)cc2)cc1. The number of unbranched alkanes of at least 4 members (excludes halogenated alkanes) is 6. The molecule has 0 heterocycles. The monoisotopic (exact) mass is 451 g/mol. The Labute approximate surface area is 197 Å². The van der Waals surface area contributed by atoms with Crippen LogP contribution in [0, 0.1) is 6.92 Å². The third-order valence-electron chi connectivity index (χ3n) is 4.99. The molecule has 0 amide bonds. The molecule has 0 aliphatic heterocycles. The van der Waals surface area contributed by atoms with E-state index in [1.807, 2.05) is 0 Å². The van der Waals surface area contributed by atoms with Gasteiger partial charge in [0.1, 0.15) is 11.5 Å². The predicted molar refractivity (Wildman–Crippen MR) is 131 cm³/mol. The lowest BCUT2D eigenvalue weighted by Crippen LogP contribution is -2.06. The second-order valence-corrected chi connectivity index (χ2v) is 7.81. The minimum absolute atomic E-state index is 0.329. The van der Waals surface area contributed by atoms with Crippen molar-refractivity contribution in [3.05, 3.63) is 72.7 Å². The number of rotatable bonds is 15. The smallest absolute Gasteiger partial charge is 0.338 e. The predicted octanol–water partition coefficient (Wildman–Crippen LogP) is 6.82. The number of esters is 2. The second kappa shape index (κ2) is 15.7. The molecule has 0 unspecified atom stereocenters. The number of benzene rings is 2. The average molecular weight is 452 g/mol. The Bertz CT molecular complexity index is 853. The van der Waals surface area contributed by atoms with E-state index in [0.717, 1.165) is 56.3 Å². The summed E-state index contributed by atoms with van der Waals surface area (Å²) in [7, 11) is 0. The van der Waals surface area contributed by atoms with E-state index < -0.39 is 5.97 Å². The van der Waals surface area contributed by atoms with Crippen molar-refractivity contribution >= 4 is 18.0 Å². The Balaban J connectivity index is 1.73. The summed E-state index contributed by atoms with van der Waals surface area (Å²) >= 11 is 0. The van der Waals surface area contributed by atoms with Gasteiger partial charge < -0.3 is 14.2 Å². The highest BCUT2D eigenvalue weighted by molar-refractivity contribution is 5.91. The molecule has 2 rings (SSSR count). The highest BCUT2D eigenvalue weighted by Gasteiger charge is 2.07. The normalized spacial score (nSPS) is 10.8. The molecule has 0 atom stereocenters. The molecule has 2 aromatic rings. The summed E-state index contributed by atoms with van der Waals surface area (Å²) in [6.07, 6.45) is 11.5. The zero-order valence-corrected chi connectivity index (χ0v) is 19.6. The fraction of sp³-hybridized carbons (Fsp3) is 0.393. The number of hydrogen-bond donors (Lipinski definition) is 0. The molecule has 0 bridgehead atoms. The third kappa shape index (κ3) is 10.9. The van der Waals surface area contributed by atoms with Crippen LogP contribution < -0.4 is 9.47 Å². The van der Waals surface area contributed by atoms with Gasteiger partial charge in [-0.25, -0.2) is 9.59 Å². The number of hydrogen-bond acceptors (Lipinski definition) is 5. The quantitative estimate of drug-likeness (QED) is 0.129. The summed E-state index contributed by atoms with van der Waals surface area (Å²) in [6.45, 7) is 7.05. The molecule has 33 heavy (non-hydrogen) atoms. The maximum absolute atomic E-state index is 12.1. The molecule has 5 heteroatoms. The Morgan fingerprint density at radius 2 is 1.48 bits per heavy atom. The van der Waals surface area contributed by atoms with Crippen LogP contribution in [0.2, 0.25) is 0 Å². The van der Waals surface area contributed by atoms with Crippen molar-refractivity contribution in [2.45, 2.75) is 58.3 Å². The van der Waals surface area contributed by atoms with Gasteiger partial charge in [0.15, 0.2) is 0 Å². The third-order valence-corrected chi connectivity index (χ3v) is 4.99. The molecular formula is C28H35O5. The van der Waals surface area contributed by atoms with Crippen LogP contribution in [0.25, 0.3) is 6.08 Å². The van der Waals surface area contributed by atoms with Gasteiger partial charge in [-0.2, -0.15) is 0 Å². The first kappa shape index (κ1) is 26.2. The summed E-state index contributed by atoms with van der Waals surface area (Å²) in [6, 6.07) is 13.9. The number of carbonyl (C=O) groups excluding carboxylic acids is 2. The minimum Gasteiger partial charge on any atom is -0.494 e. The van der Waals surface area contributed by atoms with Gasteiger partial charge in [-0.05, 0) is 60.9 Å². The Hall–Kier alpha value is -3.08. The van der Waals surface area contributed by atoms with Crippen molar-refractivity contribution in [1.82, 2.24) is 0 Å². The van der Waals surface area contributed by atoms with Crippen molar-refractivity contribution in [3.63, 3.8) is 0 Å². The van der Waals surface area contributed by atoms with Crippen LogP contribution in [0.1, 0.15) is 74.2 Å². The van der Waals surface area contributed by atoms with Crippen LogP contribution in [0.5, 0.6) is 11.5 Å². The number of carbonyl (C=O) groups is 2. The molecule has 0 N–H and O–H groups in total. The van der Waals surface area contributed by atoms with Crippen molar-refractivity contribution in [2.24, 2.45) is 0 Å². The van der Waals surface area contributed by atoms with E-state index in [2.05, 4.69) is 13.8 Å². The van der Waals surface area contributed by atoms with E-state index in [1.54, 1.807) is 54.6 Å². The van der Waals surface area contributed by atoms with Gasteiger partial charge in [-0.3, -0.25) is 0 Å². The van der Waals surface area contributed by atoms with Crippen molar-refractivity contribution in [1.29, 1.82) is 0 Å². The van der Waals surface area contributed by atoms with Gasteiger partial charge in [-0.15, -0.1) is 0 Å². The lowest BCUT2D eigenvalue weighted by atomic mass is 10.1. The molecule has 5 nitrogen and oxygen atoms in total. The highest BCUT2D eigenvalue weighted by atomic mass is 16.5. The Morgan fingerprint density at radius 1 is 0.818 bits per heavy atom. The van der Waals surface area contributed by atoms with Gasteiger partial charge in [0, 0.05) is 6.08 Å². The Morgan fingerprint density at radius 3 is 2.18 bits per heavy atom. The van der Waals surface area contributed by atoms with Gasteiger partial charge in [-0.1, -0.05) is 64.5 Å². The average Bonchev–Trinajstić information content (AvgIpc) is 2.83. The summed E-state index contributed by atoms with van der Waals surface area (Å²) in [5.41, 5.74) is 1.28. The van der Waals surface area contributed by atoms with Crippen LogP contribution in [0.15, 0.2) is 54.6 Å². The van der Waals surface area contributed by atoms with E-state index >= 15 is 0 Å². The van der Waals surface area contributed by atoms with Gasteiger partial charge in [0.2, 0.25) is 0 Å². The van der Waals surface area contributed by atoms with Crippen LogP contribution >= 0.6 is 0 Å². The first-order valence-electron chi connectivity index (χ1n) is 11.8. The van der Waals surface area contributed by atoms with Crippen molar-refractivity contribution in [2.75, 3.05) is 13.2 Å². The maximum Gasteiger partial charge on any atom is 0.338 e. The molecule has 1 radical (unpaired) electrons. The van der Waals surface area contributed by atoms with Crippen molar-refractivity contribution in [3.8, 4) is 11.5 Å². The molecule has 177 valence electrons. The van der Waals surface area contributed by atoms with Gasteiger partial charge in [0.05, 0.1) is 18.8 Å². The fourth-order valence-electron chi connectivity index (χ4n) is 3.04. The fourth-order valence-corrected chi connectivity index (χ4v) is 3.04. The molecular weight excluding hydrogens is 416 g/mol. The lowest BCUT2D eigenvalue weighted by Gasteiger charge is -2.06. The molecule has 0 spiro atoms. The molecule has 2 aromatic carbocycles. The Kier molecular flexibility index (Phi) is 12.4. The van der Waals surface area contributed by atoms with E-state index in [1.165, 1.54) is 12.5 Å². The minimum atomic E-state index is -0.478. The van der Waals surface area contributed by atoms with Crippen LogP contribution in [-0.4, -0.2) is 25.2 Å². The highest BCUT2D eigenvalue weighted by Crippen LogP contribution is 2.18. The summed E-state index contributed by atoms with van der Waals surface area (Å²) in [5, 5.41) is 0. The molecule has 0 fully saturated rings. The van der Waals surface area contributed by atoms with Crippen molar-refractivity contribution < 1.29 is 23.8 Å². The van der Waals surface area contributed by atoms with Gasteiger partial charge >= 0.3 is 11.9 Å². The molecule has 0 aliphatic rings. The van der Waals surface area contributed by atoms with Gasteiger partial charge in [0.25, 0.3) is 0 Å². The lowest BCUT2D eigenvalue weighted by molar-refractivity contribution is -0.128. The summed E-state index contributed by atoms with van der Waals surface area (Å²) in [4.78, 5) is 24.2.